The lowest BCUT2D eigenvalue weighted by molar-refractivity contribution is -0.107. The fraction of sp³-hybridized carbons (Fsp3) is 0.600. The van der Waals surface area contributed by atoms with Gasteiger partial charge in [0.05, 0.1) is 10.8 Å². The summed E-state index contributed by atoms with van der Waals surface area (Å²) in [6.45, 7) is 0.636. The lowest BCUT2D eigenvalue weighted by Crippen LogP contribution is -2.46. The number of sulfonamides is 1. The Morgan fingerprint density at radius 1 is 1.26 bits per heavy atom. The molecular weight excluding hydrogens is 362 g/mol. The Morgan fingerprint density at radius 2 is 2.04 bits per heavy atom. The van der Waals surface area contributed by atoms with Crippen LogP contribution in [0.5, 0.6) is 0 Å². The SMILES string of the molecule is CN([C@@H]1CCc2c(CC=O)c3cnccc3n2C1)S(=O)(=O)C1CCCCC1. The fourth-order valence-electron chi connectivity index (χ4n) is 4.83. The van der Waals surface area contributed by atoms with Gasteiger partial charge in [-0.25, -0.2) is 8.42 Å². The summed E-state index contributed by atoms with van der Waals surface area (Å²) in [6, 6.07) is 1.92. The molecule has 0 amide bonds. The molecule has 0 spiro atoms. The number of nitrogens with zero attached hydrogens (tertiary/aromatic N) is 3. The summed E-state index contributed by atoms with van der Waals surface area (Å²) in [4.78, 5) is 15.4. The van der Waals surface area contributed by atoms with Crippen LogP contribution in [0.3, 0.4) is 0 Å². The maximum absolute atomic E-state index is 13.1. The van der Waals surface area contributed by atoms with Gasteiger partial charge >= 0.3 is 0 Å². The molecule has 3 heterocycles. The number of aromatic nitrogens is 2. The molecule has 0 aromatic carbocycles. The summed E-state index contributed by atoms with van der Waals surface area (Å²) in [5, 5.41) is 0.784. The van der Waals surface area contributed by atoms with Crippen LogP contribution in [0.4, 0.5) is 0 Å². The van der Waals surface area contributed by atoms with Crippen molar-refractivity contribution in [3.8, 4) is 0 Å². The molecule has 1 atom stereocenters. The minimum absolute atomic E-state index is 0.0442. The zero-order valence-electron chi connectivity index (χ0n) is 15.8. The van der Waals surface area contributed by atoms with E-state index in [1.54, 1.807) is 17.5 Å². The third-order valence-corrected chi connectivity index (χ3v) is 8.79. The quantitative estimate of drug-likeness (QED) is 0.737. The molecule has 4 rings (SSSR count). The van der Waals surface area contributed by atoms with E-state index in [0.29, 0.717) is 13.0 Å². The van der Waals surface area contributed by atoms with Crippen molar-refractivity contribution in [3.63, 3.8) is 0 Å². The number of pyridine rings is 1. The Kier molecular flexibility index (Phi) is 5.07. The molecule has 1 aliphatic carbocycles. The topological polar surface area (TPSA) is 72.3 Å². The van der Waals surface area contributed by atoms with Gasteiger partial charge in [-0.05, 0) is 37.3 Å². The highest BCUT2D eigenvalue weighted by Gasteiger charge is 2.36. The summed E-state index contributed by atoms with van der Waals surface area (Å²) >= 11 is 0. The first kappa shape index (κ1) is 18.6. The first-order valence-corrected chi connectivity index (χ1v) is 11.4. The summed E-state index contributed by atoms with van der Waals surface area (Å²) in [5.41, 5.74) is 3.25. The second-order valence-electron chi connectivity index (χ2n) is 7.81. The summed E-state index contributed by atoms with van der Waals surface area (Å²) in [6.07, 6.45) is 11.2. The molecule has 146 valence electrons. The molecule has 0 bridgehead atoms. The molecule has 1 aliphatic heterocycles. The van der Waals surface area contributed by atoms with Crippen molar-refractivity contribution >= 4 is 27.2 Å². The van der Waals surface area contributed by atoms with E-state index < -0.39 is 10.0 Å². The number of carbonyl (C=O) groups is 1. The van der Waals surface area contributed by atoms with Crippen molar-refractivity contribution in [3.05, 3.63) is 29.7 Å². The standard InChI is InChI=1S/C20H27N3O3S/c1-22(27(25,26)16-5-3-2-4-6-16)15-7-8-19-17(10-12-24)18-13-21-11-9-20(18)23(19)14-15/h9,11-13,15-16H,2-8,10,14H2,1H3/t15-/m1/s1. The van der Waals surface area contributed by atoms with Gasteiger partial charge in [0.25, 0.3) is 0 Å². The van der Waals surface area contributed by atoms with Crippen LogP contribution >= 0.6 is 0 Å². The van der Waals surface area contributed by atoms with Crippen molar-refractivity contribution in [2.75, 3.05) is 7.05 Å². The number of fused-ring (bicyclic) bond motifs is 3. The molecular formula is C20H27N3O3S. The first-order chi connectivity index (χ1) is 13.0. The molecule has 6 nitrogen and oxygen atoms in total. The van der Waals surface area contributed by atoms with Crippen LogP contribution in [0.2, 0.25) is 0 Å². The summed E-state index contributed by atoms with van der Waals surface area (Å²) in [5.74, 6) is 0. The summed E-state index contributed by atoms with van der Waals surface area (Å²) < 4.78 is 30.1. The number of rotatable bonds is 5. The van der Waals surface area contributed by atoms with E-state index in [1.165, 1.54) is 0 Å². The fourth-order valence-corrected chi connectivity index (χ4v) is 6.82. The van der Waals surface area contributed by atoms with E-state index in [0.717, 1.165) is 73.4 Å². The van der Waals surface area contributed by atoms with E-state index in [2.05, 4.69) is 9.55 Å². The highest BCUT2D eigenvalue weighted by Crippen LogP contribution is 2.33. The van der Waals surface area contributed by atoms with Gasteiger partial charge in [-0.3, -0.25) is 4.98 Å². The van der Waals surface area contributed by atoms with E-state index in [4.69, 9.17) is 0 Å². The smallest absolute Gasteiger partial charge is 0.217 e. The van der Waals surface area contributed by atoms with Crippen LogP contribution in [0.1, 0.15) is 49.8 Å². The molecule has 2 aromatic heterocycles. The predicted octanol–water partition coefficient (Wildman–Crippen LogP) is 2.69. The molecule has 0 N–H and O–H groups in total. The second kappa shape index (κ2) is 7.36. The van der Waals surface area contributed by atoms with Crippen LogP contribution in [-0.2, 0) is 34.2 Å². The van der Waals surface area contributed by atoms with Crippen LogP contribution < -0.4 is 0 Å². The second-order valence-corrected chi connectivity index (χ2v) is 10.1. The van der Waals surface area contributed by atoms with Crippen LogP contribution in [0, 0.1) is 0 Å². The Morgan fingerprint density at radius 3 is 2.78 bits per heavy atom. The van der Waals surface area contributed by atoms with Crippen LogP contribution in [0.25, 0.3) is 10.9 Å². The lowest BCUT2D eigenvalue weighted by atomic mass is 10.0. The Hall–Kier alpha value is -1.73. The number of likely N-dealkylation sites (N-methyl/N-ethyl adjacent to an activating group) is 1. The molecule has 7 heteroatoms. The van der Waals surface area contributed by atoms with E-state index in [-0.39, 0.29) is 11.3 Å². The van der Waals surface area contributed by atoms with Crippen LogP contribution in [0.15, 0.2) is 18.5 Å². The first-order valence-electron chi connectivity index (χ1n) is 9.88. The zero-order valence-corrected chi connectivity index (χ0v) is 16.6. The molecule has 0 unspecified atom stereocenters. The molecule has 0 saturated heterocycles. The highest BCUT2D eigenvalue weighted by atomic mass is 32.2. The third-order valence-electron chi connectivity index (χ3n) is 6.37. The van der Waals surface area contributed by atoms with E-state index in [1.807, 2.05) is 12.3 Å². The van der Waals surface area contributed by atoms with Gasteiger partial charge in [0.15, 0.2) is 0 Å². The van der Waals surface area contributed by atoms with E-state index >= 15 is 0 Å². The van der Waals surface area contributed by atoms with Crippen molar-refractivity contribution in [2.45, 2.75) is 69.2 Å². The van der Waals surface area contributed by atoms with Gasteiger partial charge in [0, 0.05) is 49.5 Å². The monoisotopic (exact) mass is 389 g/mol. The molecule has 27 heavy (non-hydrogen) atoms. The Balaban J connectivity index is 1.65. The molecule has 1 saturated carbocycles. The van der Waals surface area contributed by atoms with Crippen molar-refractivity contribution in [1.29, 1.82) is 0 Å². The number of aldehydes is 1. The van der Waals surface area contributed by atoms with Gasteiger partial charge in [-0.15, -0.1) is 0 Å². The Labute approximate surface area is 160 Å². The molecule has 0 radical (unpaired) electrons. The highest BCUT2D eigenvalue weighted by molar-refractivity contribution is 7.89. The minimum Gasteiger partial charge on any atom is -0.343 e. The van der Waals surface area contributed by atoms with Crippen molar-refractivity contribution < 1.29 is 13.2 Å². The van der Waals surface area contributed by atoms with Gasteiger partial charge in [0.2, 0.25) is 10.0 Å². The average molecular weight is 390 g/mol. The predicted molar refractivity (Wildman–Crippen MR) is 105 cm³/mol. The molecule has 2 aromatic rings. The van der Waals surface area contributed by atoms with Crippen LogP contribution in [-0.4, -0.2) is 46.9 Å². The maximum atomic E-state index is 13.1. The number of hydrogen-bond acceptors (Lipinski definition) is 4. The number of carbonyl (C=O) groups excluding carboxylic acids is 1. The normalized spacial score (nSPS) is 21.5. The summed E-state index contributed by atoms with van der Waals surface area (Å²) in [7, 11) is -1.52. The van der Waals surface area contributed by atoms with E-state index in [9.17, 15) is 13.2 Å². The average Bonchev–Trinajstić information content (AvgIpc) is 3.02. The van der Waals surface area contributed by atoms with Gasteiger partial charge in [-0.1, -0.05) is 19.3 Å². The third kappa shape index (κ3) is 3.21. The minimum atomic E-state index is -3.27. The van der Waals surface area contributed by atoms with Crippen molar-refractivity contribution in [2.24, 2.45) is 0 Å². The maximum Gasteiger partial charge on any atom is 0.217 e. The van der Waals surface area contributed by atoms with Gasteiger partial charge in [0.1, 0.15) is 6.29 Å². The Bertz CT molecular complexity index is 945. The van der Waals surface area contributed by atoms with Crippen molar-refractivity contribution in [1.82, 2.24) is 13.9 Å². The molecule has 2 aliphatic rings. The van der Waals surface area contributed by atoms with Gasteiger partial charge < -0.3 is 9.36 Å². The number of hydrogen-bond donors (Lipinski definition) is 0. The largest absolute Gasteiger partial charge is 0.343 e. The molecule has 1 fully saturated rings. The zero-order chi connectivity index (χ0) is 19.0. The lowest BCUT2D eigenvalue weighted by Gasteiger charge is -2.35. The van der Waals surface area contributed by atoms with Gasteiger partial charge in [-0.2, -0.15) is 4.31 Å².